The Morgan fingerprint density at radius 2 is 2.13 bits per heavy atom. The van der Waals surface area contributed by atoms with E-state index in [0.717, 1.165) is 25.7 Å². The SMILES string of the molecule is CCCCOC(=O)C=NC1CCCCC1. The highest BCUT2D eigenvalue weighted by molar-refractivity contribution is 6.23. The Hall–Kier alpha value is -0.860. The molecular weight excluding hydrogens is 190 g/mol. The Labute approximate surface area is 91.9 Å². The Bertz CT molecular complexity index is 208. The summed E-state index contributed by atoms with van der Waals surface area (Å²) in [6.07, 6.45) is 9.39. The van der Waals surface area contributed by atoms with Gasteiger partial charge in [-0.05, 0) is 19.3 Å². The molecule has 15 heavy (non-hydrogen) atoms. The third-order valence-corrected chi connectivity index (χ3v) is 2.71. The van der Waals surface area contributed by atoms with Crippen LogP contribution in [0.3, 0.4) is 0 Å². The van der Waals surface area contributed by atoms with Crippen LogP contribution in [0, 0.1) is 0 Å². The van der Waals surface area contributed by atoms with E-state index in [1.807, 2.05) is 0 Å². The van der Waals surface area contributed by atoms with Gasteiger partial charge in [0.25, 0.3) is 0 Å². The highest BCUT2D eigenvalue weighted by atomic mass is 16.5. The predicted molar refractivity (Wildman–Crippen MR) is 61.2 cm³/mol. The van der Waals surface area contributed by atoms with Crippen molar-refractivity contribution in [1.29, 1.82) is 0 Å². The summed E-state index contributed by atoms with van der Waals surface area (Å²) in [6.45, 7) is 2.59. The van der Waals surface area contributed by atoms with Crippen molar-refractivity contribution >= 4 is 12.2 Å². The molecule has 1 rings (SSSR count). The molecule has 0 spiro atoms. The minimum absolute atomic E-state index is 0.283. The van der Waals surface area contributed by atoms with E-state index in [-0.39, 0.29) is 5.97 Å². The van der Waals surface area contributed by atoms with Gasteiger partial charge in [-0.2, -0.15) is 0 Å². The lowest BCUT2D eigenvalue weighted by molar-refractivity contribution is -0.135. The van der Waals surface area contributed by atoms with Crippen LogP contribution in [0.1, 0.15) is 51.9 Å². The molecule has 0 aromatic heterocycles. The van der Waals surface area contributed by atoms with Gasteiger partial charge < -0.3 is 4.74 Å². The van der Waals surface area contributed by atoms with Crippen LogP contribution in [0.2, 0.25) is 0 Å². The standard InChI is InChI=1S/C12H21NO2/c1-2-3-9-15-12(14)10-13-11-7-5-4-6-8-11/h10-11H,2-9H2,1H3. The molecular formula is C12H21NO2. The molecule has 1 aliphatic carbocycles. The average Bonchev–Trinajstić information content (AvgIpc) is 2.28. The first kappa shape index (κ1) is 12.2. The molecule has 0 saturated heterocycles. The molecule has 0 amide bonds. The first-order valence-electron chi connectivity index (χ1n) is 6.03. The van der Waals surface area contributed by atoms with Gasteiger partial charge in [0.15, 0.2) is 0 Å². The molecule has 3 heteroatoms. The lowest BCUT2D eigenvalue weighted by atomic mass is 9.96. The molecule has 0 N–H and O–H groups in total. The van der Waals surface area contributed by atoms with Crippen molar-refractivity contribution in [3.05, 3.63) is 0 Å². The van der Waals surface area contributed by atoms with Crippen molar-refractivity contribution in [2.24, 2.45) is 4.99 Å². The largest absolute Gasteiger partial charge is 0.461 e. The maximum Gasteiger partial charge on any atom is 0.348 e. The maximum atomic E-state index is 11.2. The summed E-state index contributed by atoms with van der Waals surface area (Å²) in [5.74, 6) is -0.283. The second-order valence-corrected chi connectivity index (χ2v) is 4.09. The lowest BCUT2D eigenvalue weighted by Crippen LogP contribution is -2.13. The fraction of sp³-hybridized carbons (Fsp3) is 0.833. The van der Waals surface area contributed by atoms with E-state index in [9.17, 15) is 4.79 Å². The van der Waals surface area contributed by atoms with Crippen LogP contribution in [0.4, 0.5) is 0 Å². The molecule has 0 heterocycles. The number of hydrogen-bond donors (Lipinski definition) is 0. The molecule has 0 bridgehead atoms. The van der Waals surface area contributed by atoms with E-state index in [1.54, 1.807) is 0 Å². The van der Waals surface area contributed by atoms with Crippen LogP contribution in [0.25, 0.3) is 0 Å². The Morgan fingerprint density at radius 3 is 2.80 bits per heavy atom. The normalized spacial score (nSPS) is 18.2. The van der Waals surface area contributed by atoms with E-state index in [0.29, 0.717) is 12.6 Å². The minimum atomic E-state index is -0.283. The van der Waals surface area contributed by atoms with Crippen LogP contribution in [-0.2, 0) is 9.53 Å². The number of nitrogens with zero attached hydrogens (tertiary/aromatic N) is 1. The molecule has 0 unspecified atom stereocenters. The van der Waals surface area contributed by atoms with Gasteiger partial charge in [0.2, 0.25) is 0 Å². The third-order valence-electron chi connectivity index (χ3n) is 2.71. The number of aliphatic imine (C=N–C) groups is 1. The Kier molecular flexibility index (Phi) is 6.05. The second-order valence-electron chi connectivity index (χ2n) is 4.09. The monoisotopic (exact) mass is 211 g/mol. The van der Waals surface area contributed by atoms with Crippen molar-refractivity contribution in [2.45, 2.75) is 57.9 Å². The Morgan fingerprint density at radius 1 is 1.40 bits per heavy atom. The van der Waals surface area contributed by atoms with Gasteiger partial charge in [-0.25, -0.2) is 4.79 Å². The quantitative estimate of drug-likeness (QED) is 0.398. The fourth-order valence-electron chi connectivity index (χ4n) is 1.75. The van der Waals surface area contributed by atoms with Crippen LogP contribution >= 0.6 is 0 Å². The molecule has 0 radical (unpaired) electrons. The van der Waals surface area contributed by atoms with Crippen molar-refractivity contribution in [3.8, 4) is 0 Å². The number of unbranched alkanes of at least 4 members (excludes halogenated alkanes) is 1. The highest BCUT2D eigenvalue weighted by Crippen LogP contribution is 2.19. The zero-order valence-electron chi connectivity index (χ0n) is 9.58. The molecule has 1 aliphatic rings. The smallest absolute Gasteiger partial charge is 0.348 e. The second kappa shape index (κ2) is 7.43. The van der Waals surface area contributed by atoms with E-state index in [1.165, 1.54) is 25.5 Å². The first-order valence-corrected chi connectivity index (χ1v) is 6.03. The number of carbonyl (C=O) groups is 1. The third kappa shape index (κ3) is 5.55. The topological polar surface area (TPSA) is 38.7 Å². The molecule has 0 atom stereocenters. The Balaban J connectivity index is 2.14. The van der Waals surface area contributed by atoms with E-state index < -0.39 is 0 Å². The fourth-order valence-corrected chi connectivity index (χ4v) is 1.75. The van der Waals surface area contributed by atoms with Gasteiger partial charge in [-0.1, -0.05) is 32.6 Å². The van der Waals surface area contributed by atoms with Gasteiger partial charge >= 0.3 is 5.97 Å². The van der Waals surface area contributed by atoms with Gasteiger partial charge in [0, 0.05) is 0 Å². The van der Waals surface area contributed by atoms with Crippen molar-refractivity contribution in [1.82, 2.24) is 0 Å². The van der Waals surface area contributed by atoms with Gasteiger partial charge in [-0.15, -0.1) is 0 Å². The van der Waals surface area contributed by atoms with E-state index >= 15 is 0 Å². The van der Waals surface area contributed by atoms with Gasteiger partial charge in [0.05, 0.1) is 12.6 Å². The number of rotatable bonds is 5. The van der Waals surface area contributed by atoms with Crippen LogP contribution < -0.4 is 0 Å². The first-order chi connectivity index (χ1) is 7.33. The molecule has 0 aromatic carbocycles. The van der Waals surface area contributed by atoms with E-state index in [4.69, 9.17) is 4.74 Å². The van der Waals surface area contributed by atoms with Gasteiger partial charge in [0.1, 0.15) is 6.21 Å². The zero-order valence-corrected chi connectivity index (χ0v) is 9.58. The number of esters is 1. The summed E-state index contributed by atoms with van der Waals surface area (Å²) in [6, 6.07) is 0.359. The van der Waals surface area contributed by atoms with Crippen LogP contribution in [-0.4, -0.2) is 24.8 Å². The average molecular weight is 211 g/mol. The lowest BCUT2D eigenvalue weighted by Gasteiger charge is -2.16. The summed E-state index contributed by atoms with van der Waals surface area (Å²) in [5, 5.41) is 0. The van der Waals surface area contributed by atoms with Crippen molar-refractivity contribution in [2.75, 3.05) is 6.61 Å². The summed E-state index contributed by atoms with van der Waals surface area (Å²) < 4.78 is 4.99. The van der Waals surface area contributed by atoms with Crippen LogP contribution in [0.5, 0.6) is 0 Å². The predicted octanol–water partition coefficient (Wildman–Crippen LogP) is 2.73. The number of ether oxygens (including phenoxy) is 1. The zero-order chi connectivity index (χ0) is 10.9. The number of hydrogen-bond acceptors (Lipinski definition) is 3. The maximum absolute atomic E-state index is 11.2. The summed E-state index contributed by atoms with van der Waals surface area (Å²) in [7, 11) is 0. The molecule has 3 nitrogen and oxygen atoms in total. The van der Waals surface area contributed by atoms with Crippen molar-refractivity contribution in [3.63, 3.8) is 0 Å². The molecule has 0 aromatic rings. The molecule has 86 valence electrons. The number of carbonyl (C=O) groups excluding carboxylic acids is 1. The minimum Gasteiger partial charge on any atom is -0.461 e. The van der Waals surface area contributed by atoms with E-state index in [2.05, 4.69) is 11.9 Å². The van der Waals surface area contributed by atoms with Crippen LogP contribution in [0.15, 0.2) is 4.99 Å². The molecule has 1 saturated carbocycles. The van der Waals surface area contributed by atoms with Crippen molar-refractivity contribution < 1.29 is 9.53 Å². The summed E-state index contributed by atoms with van der Waals surface area (Å²) in [5.41, 5.74) is 0. The molecule has 1 fully saturated rings. The summed E-state index contributed by atoms with van der Waals surface area (Å²) in [4.78, 5) is 15.5. The summed E-state index contributed by atoms with van der Waals surface area (Å²) >= 11 is 0. The highest BCUT2D eigenvalue weighted by Gasteiger charge is 2.11. The molecule has 0 aliphatic heterocycles. The van der Waals surface area contributed by atoms with Gasteiger partial charge in [-0.3, -0.25) is 4.99 Å².